The first-order valence-corrected chi connectivity index (χ1v) is 8.91. The number of nitrogens with one attached hydrogen (secondary N) is 1. The number of hydrogen-bond donors (Lipinski definition) is 1. The van der Waals surface area contributed by atoms with E-state index in [0.29, 0.717) is 12.1 Å². The fourth-order valence-electron chi connectivity index (χ4n) is 3.66. The third-order valence-electron chi connectivity index (χ3n) is 5.06. The highest BCUT2D eigenvalue weighted by Gasteiger charge is 2.27. The molecule has 3 heteroatoms. The van der Waals surface area contributed by atoms with E-state index in [4.69, 9.17) is 5.10 Å². The Morgan fingerprint density at radius 1 is 1.24 bits per heavy atom. The van der Waals surface area contributed by atoms with Crippen LogP contribution in [-0.4, -0.2) is 22.4 Å². The smallest absolute Gasteiger partial charge is 0.0627 e. The van der Waals surface area contributed by atoms with Crippen molar-refractivity contribution in [2.75, 3.05) is 6.54 Å². The molecule has 120 valence electrons. The van der Waals surface area contributed by atoms with Gasteiger partial charge in [0.05, 0.1) is 11.7 Å². The van der Waals surface area contributed by atoms with Crippen LogP contribution in [0.25, 0.3) is 0 Å². The molecular formula is C18H33N3. The summed E-state index contributed by atoms with van der Waals surface area (Å²) >= 11 is 0. The molecule has 1 aliphatic rings. The van der Waals surface area contributed by atoms with Crippen molar-refractivity contribution in [1.82, 2.24) is 15.1 Å². The first kappa shape index (κ1) is 16.5. The van der Waals surface area contributed by atoms with Crippen LogP contribution < -0.4 is 5.32 Å². The lowest BCUT2D eigenvalue weighted by Crippen LogP contribution is -2.31. The molecule has 21 heavy (non-hydrogen) atoms. The van der Waals surface area contributed by atoms with Gasteiger partial charge in [-0.15, -0.1) is 0 Å². The van der Waals surface area contributed by atoms with Gasteiger partial charge < -0.3 is 5.32 Å². The fraction of sp³-hybridized carbons (Fsp3) is 0.833. The van der Waals surface area contributed by atoms with E-state index >= 15 is 0 Å². The third-order valence-corrected chi connectivity index (χ3v) is 5.06. The molecule has 0 bridgehead atoms. The van der Waals surface area contributed by atoms with Crippen LogP contribution in [0.4, 0.5) is 0 Å². The van der Waals surface area contributed by atoms with E-state index in [2.05, 4.69) is 50.0 Å². The number of hydrogen-bond acceptors (Lipinski definition) is 2. The Morgan fingerprint density at radius 2 is 1.95 bits per heavy atom. The van der Waals surface area contributed by atoms with Crippen LogP contribution in [0.15, 0.2) is 12.3 Å². The fourth-order valence-corrected chi connectivity index (χ4v) is 3.66. The van der Waals surface area contributed by atoms with E-state index in [-0.39, 0.29) is 0 Å². The molecule has 0 radical (unpaired) electrons. The zero-order valence-corrected chi connectivity index (χ0v) is 14.3. The molecule has 1 fully saturated rings. The summed E-state index contributed by atoms with van der Waals surface area (Å²) in [5.41, 5.74) is 1.29. The van der Waals surface area contributed by atoms with Crippen LogP contribution in [0, 0.1) is 11.8 Å². The van der Waals surface area contributed by atoms with Crippen LogP contribution in [0.1, 0.15) is 71.5 Å². The summed E-state index contributed by atoms with van der Waals surface area (Å²) in [4.78, 5) is 0. The molecule has 2 atom stereocenters. The second-order valence-corrected chi connectivity index (χ2v) is 6.98. The van der Waals surface area contributed by atoms with Gasteiger partial charge in [-0.05, 0) is 56.6 Å². The first-order valence-electron chi connectivity index (χ1n) is 8.91. The van der Waals surface area contributed by atoms with Gasteiger partial charge in [0.1, 0.15) is 0 Å². The minimum atomic E-state index is 0.570. The molecule has 1 aliphatic carbocycles. The maximum absolute atomic E-state index is 4.84. The lowest BCUT2D eigenvalue weighted by atomic mass is 9.91. The summed E-state index contributed by atoms with van der Waals surface area (Å²) in [6, 6.07) is 3.41. The molecule has 1 N–H and O–H groups in total. The topological polar surface area (TPSA) is 29.9 Å². The van der Waals surface area contributed by atoms with Crippen molar-refractivity contribution in [2.45, 2.75) is 78.3 Å². The van der Waals surface area contributed by atoms with Crippen molar-refractivity contribution in [3.8, 4) is 0 Å². The molecule has 1 aromatic rings. The summed E-state index contributed by atoms with van der Waals surface area (Å²) in [5, 5.41) is 8.46. The van der Waals surface area contributed by atoms with Gasteiger partial charge in [-0.25, -0.2) is 0 Å². The highest BCUT2D eigenvalue weighted by Crippen LogP contribution is 2.33. The van der Waals surface area contributed by atoms with Crippen molar-refractivity contribution in [3.05, 3.63) is 18.0 Å². The van der Waals surface area contributed by atoms with Gasteiger partial charge in [0.25, 0.3) is 0 Å². The van der Waals surface area contributed by atoms with Crippen LogP contribution in [-0.2, 0) is 6.42 Å². The highest BCUT2D eigenvalue weighted by atomic mass is 15.3. The summed E-state index contributed by atoms with van der Waals surface area (Å²) in [6.07, 6.45) is 9.84. The van der Waals surface area contributed by atoms with Gasteiger partial charge >= 0.3 is 0 Å². The molecule has 1 aromatic heterocycles. The Hall–Kier alpha value is -0.830. The predicted octanol–water partition coefficient (Wildman–Crippen LogP) is 4.20. The summed E-state index contributed by atoms with van der Waals surface area (Å²) in [7, 11) is 0. The molecule has 0 aliphatic heterocycles. The predicted molar refractivity (Wildman–Crippen MR) is 89.5 cm³/mol. The second kappa shape index (κ2) is 7.98. The Kier molecular flexibility index (Phi) is 6.28. The lowest BCUT2D eigenvalue weighted by Gasteiger charge is -2.20. The third kappa shape index (κ3) is 4.57. The number of nitrogens with zero attached hydrogens (tertiary/aromatic N) is 2. The Bertz CT molecular complexity index is 406. The van der Waals surface area contributed by atoms with Crippen molar-refractivity contribution < 1.29 is 0 Å². The van der Waals surface area contributed by atoms with E-state index in [9.17, 15) is 0 Å². The molecule has 3 nitrogen and oxygen atoms in total. The van der Waals surface area contributed by atoms with Gasteiger partial charge in [0.2, 0.25) is 0 Å². The number of aromatic nitrogens is 2. The van der Waals surface area contributed by atoms with Crippen LogP contribution in [0.2, 0.25) is 0 Å². The molecule has 0 aromatic carbocycles. The summed E-state index contributed by atoms with van der Waals surface area (Å²) in [5.74, 6) is 1.66. The average molecular weight is 291 g/mol. The Labute approximate surface area is 130 Å². The van der Waals surface area contributed by atoms with Gasteiger partial charge in [0, 0.05) is 12.2 Å². The summed E-state index contributed by atoms with van der Waals surface area (Å²) in [6.45, 7) is 10.2. The molecule has 0 spiro atoms. The minimum Gasteiger partial charge on any atom is -0.314 e. The van der Waals surface area contributed by atoms with Gasteiger partial charge in [-0.3, -0.25) is 4.68 Å². The van der Waals surface area contributed by atoms with Crippen molar-refractivity contribution in [1.29, 1.82) is 0 Å². The van der Waals surface area contributed by atoms with Crippen molar-refractivity contribution >= 4 is 0 Å². The molecule has 0 saturated heterocycles. The normalized spacial score (nSPS) is 22.6. The van der Waals surface area contributed by atoms with Crippen molar-refractivity contribution in [3.63, 3.8) is 0 Å². The zero-order valence-electron chi connectivity index (χ0n) is 14.3. The maximum atomic E-state index is 4.84. The SMILES string of the molecule is CCC(CC)n1ccc(CC2CCCC2CNC(C)C)n1. The second-order valence-electron chi connectivity index (χ2n) is 6.98. The van der Waals surface area contributed by atoms with Crippen LogP contribution in [0.3, 0.4) is 0 Å². The standard InChI is InChI=1S/C18H33N3/c1-5-18(6-2)21-11-10-17(20-21)12-15-8-7-9-16(15)13-19-14(3)4/h10-11,14-16,18-19H,5-9,12-13H2,1-4H3. The van der Waals surface area contributed by atoms with E-state index in [0.717, 1.165) is 18.3 Å². The Morgan fingerprint density at radius 3 is 2.62 bits per heavy atom. The molecule has 1 saturated carbocycles. The van der Waals surface area contributed by atoms with Gasteiger partial charge in [-0.2, -0.15) is 5.10 Å². The van der Waals surface area contributed by atoms with Crippen molar-refractivity contribution in [2.24, 2.45) is 11.8 Å². The zero-order chi connectivity index (χ0) is 15.2. The van der Waals surface area contributed by atoms with Crippen LogP contribution >= 0.6 is 0 Å². The maximum Gasteiger partial charge on any atom is 0.0627 e. The minimum absolute atomic E-state index is 0.570. The van der Waals surface area contributed by atoms with Crippen LogP contribution in [0.5, 0.6) is 0 Å². The van der Waals surface area contributed by atoms with Gasteiger partial charge in [-0.1, -0.05) is 34.1 Å². The highest BCUT2D eigenvalue weighted by molar-refractivity contribution is 5.02. The van der Waals surface area contributed by atoms with E-state index in [1.54, 1.807) is 0 Å². The van der Waals surface area contributed by atoms with E-state index < -0.39 is 0 Å². The largest absolute Gasteiger partial charge is 0.314 e. The van der Waals surface area contributed by atoms with E-state index in [1.807, 2.05) is 0 Å². The lowest BCUT2D eigenvalue weighted by molar-refractivity contribution is 0.349. The Balaban J connectivity index is 1.91. The molecule has 1 heterocycles. The first-order chi connectivity index (χ1) is 10.1. The van der Waals surface area contributed by atoms with E-state index in [1.165, 1.54) is 44.3 Å². The number of rotatable bonds is 8. The van der Waals surface area contributed by atoms with Gasteiger partial charge in [0.15, 0.2) is 0 Å². The monoisotopic (exact) mass is 291 g/mol. The quantitative estimate of drug-likeness (QED) is 0.778. The molecule has 2 rings (SSSR count). The molecular weight excluding hydrogens is 258 g/mol. The molecule has 0 amide bonds. The summed E-state index contributed by atoms with van der Waals surface area (Å²) < 4.78 is 2.19. The average Bonchev–Trinajstić information content (AvgIpc) is 3.08. The molecule has 2 unspecified atom stereocenters.